The molecule has 0 aromatic carbocycles. The Kier molecular flexibility index (Phi) is 9.41. The zero-order valence-electron chi connectivity index (χ0n) is 13.0. The van der Waals surface area contributed by atoms with Gasteiger partial charge in [0.15, 0.2) is 0 Å². The summed E-state index contributed by atoms with van der Waals surface area (Å²) in [5.41, 5.74) is 0. The van der Waals surface area contributed by atoms with Crippen molar-refractivity contribution in [3.63, 3.8) is 0 Å². The Morgan fingerprint density at radius 1 is 0.708 bits per heavy atom. The number of hydrogen-bond acceptors (Lipinski definition) is 8. The monoisotopic (exact) mass is 354 g/mol. The third kappa shape index (κ3) is 7.89. The second kappa shape index (κ2) is 10.7. The molecule has 0 amide bonds. The summed E-state index contributed by atoms with van der Waals surface area (Å²) in [5.74, 6) is -3.49. The highest BCUT2D eigenvalue weighted by Gasteiger charge is 2.52. The number of carbonyl (C=O) groups is 4. The summed E-state index contributed by atoms with van der Waals surface area (Å²) in [6.45, 7) is 12.8. The van der Waals surface area contributed by atoms with Gasteiger partial charge in [-0.1, -0.05) is 26.3 Å². The van der Waals surface area contributed by atoms with Crippen LogP contribution in [0.25, 0.3) is 0 Å². The third-order valence-electron chi connectivity index (χ3n) is 2.31. The highest BCUT2D eigenvalue weighted by atomic mass is 28.4. The molecule has 0 aliphatic rings. The van der Waals surface area contributed by atoms with Crippen molar-refractivity contribution in [2.75, 3.05) is 6.61 Å². The summed E-state index contributed by atoms with van der Waals surface area (Å²) in [7, 11) is -4.11. The quantitative estimate of drug-likeness (QED) is 0.236. The van der Waals surface area contributed by atoms with Crippen molar-refractivity contribution in [1.82, 2.24) is 0 Å². The SMILES string of the molecule is C=CC(=O)OCCC[Si](OC(=O)C=C)(OC(=O)C=C)OC(=O)C=C. The van der Waals surface area contributed by atoms with Gasteiger partial charge in [0.1, 0.15) is 0 Å². The van der Waals surface area contributed by atoms with Gasteiger partial charge in [0.25, 0.3) is 0 Å². The molecule has 0 atom stereocenters. The zero-order chi connectivity index (χ0) is 18.6. The number of ether oxygens (including phenoxy) is 1. The molecular weight excluding hydrogens is 336 g/mol. The van der Waals surface area contributed by atoms with Gasteiger partial charge in [-0.15, -0.1) is 0 Å². The van der Waals surface area contributed by atoms with Gasteiger partial charge in [-0.3, -0.25) is 0 Å². The van der Waals surface area contributed by atoms with E-state index in [-0.39, 0.29) is 19.1 Å². The Hall–Kier alpha value is -2.94. The number of hydrogen-bond donors (Lipinski definition) is 0. The Morgan fingerprint density at radius 3 is 1.42 bits per heavy atom. The minimum Gasteiger partial charge on any atom is -0.463 e. The summed E-state index contributed by atoms with van der Waals surface area (Å²) in [4.78, 5) is 45.5. The molecule has 8 nitrogen and oxygen atoms in total. The van der Waals surface area contributed by atoms with Gasteiger partial charge < -0.3 is 18.0 Å². The predicted molar refractivity (Wildman–Crippen MR) is 85.2 cm³/mol. The second-order valence-electron chi connectivity index (χ2n) is 4.03. The largest absolute Gasteiger partial charge is 0.705 e. The Labute approximate surface area is 140 Å². The lowest BCUT2D eigenvalue weighted by molar-refractivity contribution is -0.145. The molecule has 0 rings (SSSR count). The van der Waals surface area contributed by atoms with E-state index < -0.39 is 32.7 Å². The molecule has 130 valence electrons. The van der Waals surface area contributed by atoms with Crippen LogP contribution in [0.15, 0.2) is 50.6 Å². The molecule has 9 heteroatoms. The average Bonchev–Trinajstić information content (AvgIpc) is 2.57. The van der Waals surface area contributed by atoms with Crippen LogP contribution in [-0.4, -0.2) is 39.3 Å². The summed E-state index contributed by atoms with van der Waals surface area (Å²) in [5, 5.41) is 0. The van der Waals surface area contributed by atoms with Crippen LogP contribution in [0.2, 0.25) is 6.04 Å². The molecule has 0 aromatic heterocycles. The molecule has 0 radical (unpaired) electrons. The van der Waals surface area contributed by atoms with Crippen LogP contribution in [0.5, 0.6) is 0 Å². The van der Waals surface area contributed by atoms with E-state index in [2.05, 4.69) is 26.3 Å². The standard InChI is InChI=1S/C15H18O8Si/c1-5-12(16)20-10-9-11-24(21-13(17)6-2,22-14(18)7-3)23-15(19)8-4/h5-8H,1-4,9-11H2. The normalized spacial score (nSPS) is 9.83. The van der Waals surface area contributed by atoms with E-state index in [9.17, 15) is 19.2 Å². The maximum Gasteiger partial charge on any atom is 0.705 e. The molecule has 0 bridgehead atoms. The fourth-order valence-corrected chi connectivity index (χ4v) is 3.50. The zero-order valence-corrected chi connectivity index (χ0v) is 14.0. The summed E-state index contributed by atoms with van der Waals surface area (Å²) in [6, 6.07) is -0.170. The van der Waals surface area contributed by atoms with Crippen molar-refractivity contribution in [3.8, 4) is 0 Å². The van der Waals surface area contributed by atoms with Crippen molar-refractivity contribution in [3.05, 3.63) is 50.6 Å². The van der Waals surface area contributed by atoms with Crippen LogP contribution in [0.1, 0.15) is 6.42 Å². The molecule has 0 unspecified atom stereocenters. The van der Waals surface area contributed by atoms with Gasteiger partial charge in [0.2, 0.25) is 0 Å². The van der Waals surface area contributed by atoms with Crippen molar-refractivity contribution in [1.29, 1.82) is 0 Å². The van der Waals surface area contributed by atoms with Crippen LogP contribution < -0.4 is 0 Å². The number of carbonyl (C=O) groups excluding carboxylic acids is 4. The van der Waals surface area contributed by atoms with Crippen molar-refractivity contribution in [2.45, 2.75) is 12.5 Å². The smallest absolute Gasteiger partial charge is 0.463 e. The van der Waals surface area contributed by atoms with Gasteiger partial charge in [-0.25, -0.2) is 19.2 Å². The first-order chi connectivity index (χ1) is 11.3. The first kappa shape index (κ1) is 21.1. The van der Waals surface area contributed by atoms with E-state index in [4.69, 9.17) is 18.0 Å². The number of esters is 1. The van der Waals surface area contributed by atoms with Crippen LogP contribution in [0.4, 0.5) is 0 Å². The highest BCUT2D eigenvalue weighted by molar-refractivity contribution is 6.66. The van der Waals surface area contributed by atoms with Crippen LogP contribution in [0.3, 0.4) is 0 Å². The minimum absolute atomic E-state index is 0.0884. The van der Waals surface area contributed by atoms with Gasteiger partial charge in [-0.05, 0) is 6.42 Å². The lowest BCUT2D eigenvalue weighted by atomic mass is 10.5. The van der Waals surface area contributed by atoms with Crippen molar-refractivity contribution < 1.29 is 37.2 Å². The lowest BCUT2D eigenvalue weighted by Gasteiger charge is -2.26. The molecular formula is C15H18O8Si. The van der Waals surface area contributed by atoms with Gasteiger partial charge in [0, 0.05) is 24.3 Å². The molecule has 0 saturated carbocycles. The first-order valence-electron chi connectivity index (χ1n) is 6.68. The number of rotatable bonds is 11. The second-order valence-corrected chi connectivity index (χ2v) is 6.51. The van der Waals surface area contributed by atoms with E-state index in [0.717, 1.165) is 24.3 Å². The molecule has 0 aliphatic carbocycles. The van der Waals surface area contributed by atoms with Crippen molar-refractivity contribution in [2.24, 2.45) is 0 Å². The van der Waals surface area contributed by atoms with Crippen molar-refractivity contribution >= 4 is 32.7 Å². The Morgan fingerprint density at radius 2 is 1.08 bits per heavy atom. The highest BCUT2D eigenvalue weighted by Crippen LogP contribution is 2.20. The molecule has 0 N–H and O–H groups in total. The molecule has 0 heterocycles. The summed E-state index contributed by atoms with van der Waals surface area (Å²) >= 11 is 0. The summed E-state index contributed by atoms with van der Waals surface area (Å²) in [6.07, 6.45) is 3.53. The Balaban J connectivity index is 5.26. The predicted octanol–water partition coefficient (Wildman–Crippen LogP) is 1.23. The van der Waals surface area contributed by atoms with Crippen LogP contribution >= 0.6 is 0 Å². The fourth-order valence-electron chi connectivity index (χ4n) is 1.32. The van der Waals surface area contributed by atoms with Gasteiger partial charge >= 0.3 is 32.7 Å². The molecule has 0 aliphatic heterocycles. The van der Waals surface area contributed by atoms with E-state index in [1.807, 2.05) is 0 Å². The van der Waals surface area contributed by atoms with Crippen LogP contribution in [-0.2, 0) is 37.2 Å². The topological polar surface area (TPSA) is 105 Å². The average molecular weight is 354 g/mol. The third-order valence-corrected chi connectivity index (χ3v) is 4.81. The maximum atomic E-state index is 11.5. The maximum absolute atomic E-state index is 11.5. The van der Waals surface area contributed by atoms with E-state index in [1.54, 1.807) is 0 Å². The molecule has 0 saturated heterocycles. The van der Waals surface area contributed by atoms with Crippen LogP contribution in [0, 0.1) is 0 Å². The Bertz CT molecular complexity index is 497. The summed E-state index contributed by atoms with van der Waals surface area (Å²) < 4.78 is 19.8. The molecule has 24 heavy (non-hydrogen) atoms. The van der Waals surface area contributed by atoms with E-state index in [0.29, 0.717) is 0 Å². The van der Waals surface area contributed by atoms with Gasteiger partial charge in [-0.2, -0.15) is 0 Å². The van der Waals surface area contributed by atoms with E-state index >= 15 is 0 Å². The van der Waals surface area contributed by atoms with Gasteiger partial charge in [0.05, 0.1) is 12.7 Å². The van der Waals surface area contributed by atoms with E-state index in [1.165, 1.54) is 0 Å². The molecule has 0 spiro atoms. The molecule has 0 aromatic rings. The minimum atomic E-state index is -4.11. The fraction of sp³-hybridized carbons (Fsp3) is 0.200. The molecule has 0 fully saturated rings. The lowest BCUT2D eigenvalue weighted by Crippen LogP contribution is -2.49. The first-order valence-corrected chi connectivity index (χ1v) is 8.61.